The van der Waals surface area contributed by atoms with Crippen LogP contribution in [0.15, 0.2) is 36.1 Å². The predicted octanol–water partition coefficient (Wildman–Crippen LogP) is 4.14. The smallest absolute Gasteiger partial charge is 0.112 e. The molecule has 2 aliphatic rings. The molecule has 1 unspecified atom stereocenters. The Morgan fingerprint density at radius 1 is 1.20 bits per heavy atom. The molecule has 15 heavy (non-hydrogen) atoms. The molecule has 0 aromatic carbocycles. The predicted molar refractivity (Wildman–Crippen MR) is 63.7 cm³/mol. The summed E-state index contributed by atoms with van der Waals surface area (Å²) in [5, 5.41) is 9.69. The summed E-state index contributed by atoms with van der Waals surface area (Å²) in [4.78, 5) is 0. The fourth-order valence-corrected chi connectivity index (χ4v) is 2.81. The van der Waals surface area contributed by atoms with Crippen LogP contribution in [0.5, 0.6) is 0 Å². The summed E-state index contributed by atoms with van der Waals surface area (Å²) in [5.74, 6) is 1.11. The number of aliphatic hydroxyl groups excluding tert-OH is 1. The van der Waals surface area contributed by atoms with E-state index in [1.807, 2.05) is 12.2 Å². The van der Waals surface area contributed by atoms with Crippen LogP contribution in [0.3, 0.4) is 0 Å². The summed E-state index contributed by atoms with van der Waals surface area (Å²) < 4.78 is 0. The second-order valence-electron chi connectivity index (χ2n) is 4.99. The van der Waals surface area contributed by atoms with Gasteiger partial charge in [-0.15, -0.1) is 0 Å². The van der Waals surface area contributed by atoms with E-state index in [-0.39, 0.29) is 5.41 Å². The van der Waals surface area contributed by atoms with E-state index >= 15 is 0 Å². The summed E-state index contributed by atoms with van der Waals surface area (Å²) in [6.45, 7) is 2.24. The highest BCUT2D eigenvalue weighted by Gasteiger charge is 2.31. The van der Waals surface area contributed by atoms with E-state index in [2.05, 4.69) is 19.1 Å². The molecule has 1 heteroatoms. The van der Waals surface area contributed by atoms with E-state index < -0.39 is 0 Å². The lowest BCUT2D eigenvalue weighted by molar-refractivity contribution is 0.233. The molecular formula is C14H20O. The molecule has 0 spiro atoms. The van der Waals surface area contributed by atoms with E-state index in [9.17, 15) is 5.11 Å². The monoisotopic (exact) mass is 204 g/mol. The van der Waals surface area contributed by atoms with Gasteiger partial charge in [0, 0.05) is 5.41 Å². The number of aliphatic hydroxyl groups is 1. The average Bonchev–Trinajstić information content (AvgIpc) is 2.42. The van der Waals surface area contributed by atoms with E-state index in [0.717, 1.165) is 0 Å². The summed E-state index contributed by atoms with van der Waals surface area (Å²) in [7, 11) is 0. The summed E-state index contributed by atoms with van der Waals surface area (Å²) in [5.41, 5.74) is 0.0496. The molecule has 82 valence electrons. The second-order valence-corrected chi connectivity index (χ2v) is 4.99. The van der Waals surface area contributed by atoms with Gasteiger partial charge < -0.3 is 5.11 Å². The minimum Gasteiger partial charge on any atom is -0.508 e. The Morgan fingerprint density at radius 2 is 1.93 bits per heavy atom. The first-order valence-corrected chi connectivity index (χ1v) is 5.98. The maximum atomic E-state index is 9.69. The molecule has 1 atom stereocenters. The Balaban J connectivity index is 2.20. The van der Waals surface area contributed by atoms with Crippen LogP contribution in [0.1, 0.15) is 39.0 Å². The molecule has 1 saturated carbocycles. The highest BCUT2D eigenvalue weighted by molar-refractivity contribution is 5.28. The number of hydrogen-bond donors (Lipinski definition) is 1. The van der Waals surface area contributed by atoms with Crippen molar-refractivity contribution in [3.63, 3.8) is 0 Å². The largest absolute Gasteiger partial charge is 0.508 e. The SMILES string of the molecule is CC1(C2CCCCC2)C=CC=CC(O)=C1. The van der Waals surface area contributed by atoms with Gasteiger partial charge >= 0.3 is 0 Å². The standard InChI is InChI=1S/C14H20O/c1-14(12-7-3-2-4-8-12)10-6-5-9-13(15)11-14/h5-6,9-12,15H,2-4,7-8H2,1H3. The first kappa shape index (κ1) is 10.5. The Morgan fingerprint density at radius 3 is 2.67 bits per heavy atom. The normalized spacial score (nSPS) is 32.5. The number of rotatable bonds is 1. The second kappa shape index (κ2) is 4.26. The topological polar surface area (TPSA) is 20.2 Å². The van der Waals surface area contributed by atoms with Gasteiger partial charge in [-0.3, -0.25) is 0 Å². The van der Waals surface area contributed by atoms with Crippen LogP contribution in [0.25, 0.3) is 0 Å². The first-order valence-electron chi connectivity index (χ1n) is 5.98. The van der Waals surface area contributed by atoms with Crippen LogP contribution in [0, 0.1) is 11.3 Å². The van der Waals surface area contributed by atoms with Crippen molar-refractivity contribution < 1.29 is 5.11 Å². The lowest BCUT2D eigenvalue weighted by Gasteiger charge is -2.35. The maximum Gasteiger partial charge on any atom is 0.112 e. The van der Waals surface area contributed by atoms with Crippen molar-refractivity contribution in [1.29, 1.82) is 0 Å². The quantitative estimate of drug-likeness (QED) is 0.680. The van der Waals surface area contributed by atoms with Crippen LogP contribution in [0.2, 0.25) is 0 Å². The van der Waals surface area contributed by atoms with Crippen molar-refractivity contribution in [3.05, 3.63) is 36.1 Å². The third-order valence-electron chi connectivity index (χ3n) is 3.78. The highest BCUT2D eigenvalue weighted by atomic mass is 16.3. The van der Waals surface area contributed by atoms with Crippen molar-refractivity contribution in [2.45, 2.75) is 39.0 Å². The zero-order chi connectivity index (χ0) is 10.7. The van der Waals surface area contributed by atoms with Gasteiger partial charge in [-0.05, 0) is 30.9 Å². The zero-order valence-electron chi connectivity index (χ0n) is 9.45. The third kappa shape index (κ3) is 2.34. The molecule has 0 heterocycles. The molecule has 0 aromatic rings. The van der Waals surface area contributed by atoms with Crippen molar-refractivity contribution in [1.82, 2.24) is 0 Å². The van der Waals surface area contributed by atoms with E-state index in [0.29, 0.717) is 11.7 Å². The molecule has 2 rings (SSSR count). The lowest BCUT2D eigenvalue weighted by Crippen LogP contribution is -2.25. The number of hydrogen-bond acceptors (Lipinski definition) is 1. The molecule has 0 bridgehead atoms. The zero-order valence-corrected chi connectivity index (χ0v) is 9.45. The molecule has 2 aliphatic carbocycles. The fraction of sp³-hybridized carbons (Fsp3) is 0.571. The Labute approximate surface area is 92.2 Å². The van der Waals surface area contributed by atoms with E-state index in [4.69, 9.17) is 0 Å². The summed E-state index contributed by atoms with van der Waals surface area (Å²) >= 11 is 0. The Hall–Kier alpha value is -0.980. The van der Waals surface area contributed by atoms with Gasteiger partial charge in [0.15, 0.2) is 0 Å². The van der Waals surface area contributed by atoms with E-state index in [1.165, 1.54) is 32.1 Å². The minimum absolute atomic E-state index is 0.0496. The summed E-state index contributed by atoms with van der Waals surface area (Å²) in [6, 6.07) is 0. The van der Waals surface area contributed by atoms with Crippen LogP contribution in [-0.2, 0) is 0 Å². The van der Waals surface area contributed by atoms with Crippen LogP contribution in [-0.4, -0.2) is 5.11 Å². The van der Waals surface area contributed by atoms with Gasteiger partial charge in [0.1, 0.15) is 5.76 Å². The van der Waals surface area contributed by atoms with Crippen molar-refractivity contribution in [2.24, 2.45) is 11.3 Å². The van der Waals surface area contributed by atoms with Gasteiger partial charge in [-0.25, -0.2) is 0 Å². The fourth-order valence-electron chi connectivity index (χ4n) is 2.81. The molecule has 1 nitrogen and oxygen atoms in total. The van der Waals surface area contributed by atoms with E-state index in [1.54, 1.807) is 6.08 Å². The van der Waals surface area contributed by atoms with Gasteiger partial charge in [-0.2, -0.15) is 0 Å². The Bertz CT molecular complexity index is 305. The van der Waals surface area contributed by atoms with Gasteiger partial charge in [0.05, 0.1) is 0 Å². The molecule has 0 amide bonds. The molecule has 0 aromatic heterocycles. The van der Waals surface area contributed by atoms with Crippen LogP contribution in [0.4, 0.5) is 0 Å². The molecule has 1 N–H and O–H groups in total. The lowest BCUT2D eigenvalue weighted by atomic mass is 9.69. The minimum atomic E-state index is 0.0496. The molecule has 0 radical (unpaired) electrons. The van der Waals surface area contributed by atoms with Crippen LogP contribution >= 0.6 is 0 Å². The van der Waals surface area contributed by atoms with Gasteiger partial charge in [0.2, 0.25) is 0 Å². The molecule has 0 aliphatic heterocycles. The van der Waals surface area contributed by atoms with Gasteiger partial charge in [0.25, 0.3) is 0 Å². The maximum absolute atomic E-state index is 9.69. The third-order valence-corrected chi connectivity index (χ3v) is 3.78. The van der Waals surface area contributed by atoms with Crippen molar-refractivity contribution in [3.8, 4) is 0 Å². The highest BCUT2D eigenvalue weighted by Crippen LogP contribution is 2.41. The van der Waals surface area contributed by atoms with Crippen molar-refractivity contribution >= 4 is 0 Å². The molecule has 1 fully saturated rings. The molecule has 0 saturated heterocycles. The van der Waals surface area contributed by atoms with Gasteiger partial charge in [-0.1, -0.05) is 44.4 Å². The first-order chi connectivity index (χ1) is 7.21. The van der Waals surface area contributed by atoms with Crippen LogP contribution < -0.4 is 0 Å². The van der Waals surface area contributed by atoms with Crippen molar-refractivity contribution in [2.75, 3.05) is 0 Å². The molecular weight excluding hydrogens is 184 g/mol. The summed E-state index contributed by atoms with van der Waals surface area (Å²) in [6.07, 6.45) is 16.7. The Kier molecular flexibility index (Phi) is 2.99. The average molecular weight is 204 g/mol. The number of allylic oxidation sites excluding steroid dienone is 5.